The van der Waals surface area contributed by atoms with Gasteiger partial charge < -0.3 is 16.4 Å². The first-order valence-corrected chi connectivity index (χ1v) is 7.48. The zero-order chi connectivity index (χ0) is 17.5. The zero-order valence-corrected chi connectivity index (χ0v) is 16.5. The summed E-state index contributed by atoms with van der Waals surface area (Å²) in [5.74, 6) is 2.43. The highest BCUT2D eigenvalue weighted by Gasteiger charge is 2.03. The number of aliphatic imine (C=N–C) groups is 1. The molecule has 0 fully saturated rings. The van der Waals surface area contributed by atoms with Gasteiger partial charge in [-0.25, -0.2) is 4.99 Å². The first-order valence-electron chi connectivity index (χ1n) is 7.48. The first-order chi connectivity index (χ1) is 11.5. The summed E-state index contributed by atoms with van der Waals surface area (Å²) in [6.07, 6.45) is 5.33. The Morgan fingerprint density at radius 2 is 1.84 bits per heavy atom. The van der Waals surface area contributed by atoms with Gasteiger partial charge in [0.2, 0.25) is 5.91 Å². The van der Waals surface area contributed by atoms with Gasteiger partial charge in [0.25, 0.3) is 0 Å². The number of amides is 1. The number of terminal acetylenes is 1. The molecule has 0 aliphatic carbocycles. The van der Waals surface area contributed by atoms with Gasteiger partial charge in [-0.1, -0.05) is 18.1 Å². The Hall–Kier alpha value is -2.53. The molecule has 0 unspecified atom stereocenters. The zero-order valence-electron chi connectivity index (χ0n) is 14.2. The van der Waals surface area contributed by atoms with Crippen LogP contribution in [0.1, 0.15) is 16.7 Å². The SMILES string of the molecule is C#Cc1cccc(NC(=O)CN=C(N)Nc2ccc(C)c(C)c2)c1.I. The highest BCUT2D eigenvalue weighted by molar-refractivity contribution is 14.0. The Labute approximate surface area is 165 Å². The summed E-state index contributed by atoms with van der Waals surface area (Å²) < 4.78 is 0. The summed E-state index contributed by atoms with van der Waals surface area (Å²) in [7, 11) is 0. The van der Waals surface area contributed by atoms with Gasteiger partial charge in [-0.2, -0.15) is 0 Å². The van der Waals surface area contributed by atoms with E-state index in [1.807, 2.05) is 32.0 Å². The lowest BCUT2D eigenvalue weighted by Crippen LogP contribution is -2.25. The van der Waals surface area contributed by atoms with E-state index in [9.17, 15) is 4.79 Å². The second kappa shape index (κ2) is 9.69. The van der Waals surface area contributed by atoms with Crippen LogP contribution in [-0.4, -0.2) is 18.4 Å². The van der Waals surface area contributed by atoms with E-state index in [2.05, 4.69) is 21.5 Å². The fourth-order valence-corrected chi connectivity index (χ4v) is 2.05. The van der Waals surface area contributed by atoms with Crippen LogP contribution in [0.4, 0.5) is 11.4 Å². The van der Waals surface area contributed by atoms with Gasteiger partial charge >= 0.3 is 0 Å². The normalized spacial score (nSPS) is 10.4. The number of carbonyl (C=O) groups excluding carboxylic acids is 1. The lowest BCUT2D eigenvalue weighted by atomic mass is 10.1. The van der Waals surface area contributed by atoms with Crippen molar-refractivity contribution in [1.29, 1.82) is 0 Å². The van der Waals surface area contributed by atoms with Crippen molar-refractivity contribution >= 4 is 47.2 Å². The number of carbonyl (C=O) groups is 1. The molecular weight excluding hydrogens is 427 g/mol. The van der Waals surface area contributed by atoms with E-state index < -0.39 is 0 Å². The molecule has 0 aliphatic heterocycles. The van der Waals surface area contributed by atoms with Crippen LogP contribution in [0.2, 0.25) is 0 Å². The topological polar surface area (TPSA) is 79.5 Å². The molecule has 4 N–H and O–H groups in total. The molecule has 0 atom stereocenters. The van der Waals surface area contributed by atoms with Crippen LogP contribution in [-0.2, 0) is 4.79 Å². The van der Waals surface area contributed by atoms with Crippen molar-refractivity contribution in [2.75, 3.05) is 17.2 Å². The fraction of sp³-hybridized carbons (Fsp3) is 0.158. The Morgan fingerprint density at radius 1 is 1.12 bits per heavy atom. The van der Waals surface area contributed by atoms with E-state index in [1.165, 1.54) is 5.56 Å². The lowest BCUT2D eigenvalue weighted by Gasteiger charge is -2.08. The van der Waals surface area contributed by atoms with E-state index in [1.54, 1.807) is 24.3 Å². The van der Waals surface area contributed by atoms with Gasteiger partial charge in [-0.3, -0.25) is 4.79 Å². The van der Waals surface area contributed by atoms with Crippen molar-refractivity contribution < 1.29 is 4.79 Å². The molecule has 0 saturated carbocycles. The summed E-state index contributed by atoms with van der Waals surface area (Å²) >= 11 is 0. The van der Waals surface area contributed by atoms with E-state index in [0.717, 1.165) is 11.3 Å². The van der Waals surface area contributed by atoms with Gasteiger partial charge in [-0.15, -0.1) is 30.4 Å². The number of nitrogens with one attached hydrogen (secondary N) is 2. The maximum atomic E-state index is 11.9. The van der Waals surface area contributed by atoms with E-state index >= 15 is 0 Å². The summed E-state index contributed by atoms with van der Waals surface area (Å²) in [6.45, 7) is 3.98. The summed E-state index contributed by atoms with van der Waals surface area (Å²) in [4.78, 5) is 16.0. The number of rotatable bonds is 4. The Kier molecular flexibility index (Phi) is 7.95. The molecule has 0 spiro atoms. The van der Waals surface area contributed by atoms with Gasteiger partial charge in [0.1, 0.15) is 6.54 Å². The average molecular weight is 448 g/mol. The van der Waals surface area contributed by atoms with Gasteiger partial charge in [-0.05, 0) is 55.3 Å². The Balaban J connectivity index is 0.00000312. The number of anilines is 2. The summed E-state index contributed by atoms with van der Waals surface area (Å²) in [5.41, 5.74) is 10.3. The Bertz CT molecular complexity index is 824. The number of nitrogens with two attached hydrogens (primary N) is 1. The molecule has 6 heteroatoms. The number of benzene rings is 2. The minimum atomic E-state index is -0.269. The molecule has 0 aliphatic rings. The molecule has 130 valence electrons. The lowest BCUT2D eigenvalue weighted by molar-refractivity contribution is -0.114. The molecule has 0 saturated heterocycles. The van der Waals surface area contributed by atoms with Gasteiger partial charge in [0.05, 0.1) is 0 Å². The van der Waals surface area contributed by atoms with Gasteiger partial charge in [0, 0.05) is 16.9 Å². The van der Waals surface area contributed by atoms with Crippen LogP contribution in [0.25, 0.3) is 0 Å². The third kappa shape index (κ3) is 6.47. The van der Waals surface area contributed by atoms with Gasteiger partial charge in [0.15, 0.2) is 5.96 Å². The number of aryl methyl sites for hydroxylation is 2. The number of hydrogen-bond donors (Lipinski definition) is 3. The average Bonchev–Trinajstić information content (AvgIpc) is 2.56. The largest absolute Gasteiger partial charge is 0.370 e. The number of halogens is 1. The van der Waals surface area contributed by atoms with Crippen molar-refractivity contribution in [3.05, 3.63) is 59.2 Å². The molecule has 2 aromatic rings. The number of hydrogen-bond acceptors (Lipinski definition) is 2. The van der Waals surface area contributed by atoms with Crippen LogP contribution in [0, 0.1) is 26.2 Å². The molecule has 2 rings (SSSR count). The molecule has 0 radical (unpaired) electrons. The van der Waals surface area contributed by atoms with E-state index in [4.69, 9.17) is 12.2 Å². The van der Waals surface area contributed by atoms with E-state index in [-0.39, 0.29) is 42.4 Å². The van der Waals surface area contributed by atoms with Crippen molar-refractivity contribution in [1.82, 2.24) is 0 Å². The molecule has 0 heterocycles. The molecule has 5 nitrogen and oxygen atoms in total. The predicted octanol–water partition coefficient (Wildman–Crippen LogP) is 3.27. The van der Waals surface area contributed by atoms with Crippen LogP contribution in [0.15, 0.2) is 47.5 Å². The third-order valence-electron chi connectivity index (χ3n) is 3.49. The van der Waals surface area contributed by atoms with Crippen molar-refractivity contribution in [2.24, 2.45) is 10.7 Å². The van der Waals surface area contributed by atoms with Crippen molar-refractivity contribution in [2.45, 2.75) is 13.8 Å². The van der Waals surface area contributed by atoms with Crippen LogP contribution in [0.3, 0.4) is 0 Å². The van der Waals surface area contributed by atoms with E-state index in [0.29, 0.717) is 11.3 Å². The third-order valence-corrected chi connectivity index (χ3v) is 3.49. The molecule has 2 aromatic carbocycles. The first kappa shape index (κ1) is 20.5. The molecular formula is C19H21IN4O. The molecule has 1 amide bonds. The smallest absolute Gasteiger partial charge is 0.246 e. The highest BCUT2D eigenvalue weighted by atomic mass is 127. The standard InChI is InChI=1S/C19H20N4O.HI/c1-4-15-6-5-7-16(11-15)22-18(24)12-21-19(20)23-17-9-8-13(2)14(3)10-17;/h1,5-11H,12H2,2-3H3,(H,22,24)(H3,20,21,23);1H. The molecule has 0 bridgehead atoms. The fourth-order valence-electron chi connectivity index (χ4n) is 2.05. The van der Waals surface area contributed by atoms with Crippen molar-refractivity contribution in [3.8, 4) is 12.3 Å². The van der Waals surface area contributed by atoms with Crippen LogP contribution >= 0.6 is 24.0 Å². The van der Waals surface area contributed by atoms with Crippen LogP contribution in [0.5, 0.6) is 0 Å². The molecule has 0 aromatic heterocycles. The van der Waals surface area contributed by atoms with Crippen molar-refractivity contribution in [3.63, 3.8) is 0 Å². The number of guanidine groups is 1. The van der Waals surface area contributed by atoms with Crippen LogP contribution < -0.4 is 16.4 Å². The second-order valence-corrected chi connectivity index (χ2v) is 5.40. The maximum Gasteiger partial charge on any atom is 0.246 e. The summed E-state index contributed by atoms with van der Waals surface area (Å²) in [5, 5.41) is 5.70. The Morgan fingerprint density at radius 3 is 2.52 bits per heavy atom. The second-order valence-electron chi connectivity index (χ2n) is 5.40. The predicted molar refractivity (Wildman–Crippen MR) is 114 cm³/mol. The minimum Gasteiger partial charge on any atom is -0.370 e. The maximum absolute atomic E-state index is 11.9. The summed E-state index contributed by atoms with van der Waals surface area (Å²) in [6, 6.07) is 12.9. The quantitative estimate of drug-likeness (QED) is 0.291. The highest BCUT2D eigenvalue weighted by Crippen LogP contribution is 2.13. The monoisotopic (exact) mass is 448 g/mol. The molecule has 25 heavy (non-hydrogen) atoms. The number of nitrogens with zero attached hydrogens (tertiary/aromatic N) is 1. The minimum absolute atomic E-state index is 0.